The van der Waals surface area contributed by atoms with E-state index in [0.717, 1.165) is 20.3 Å². The Balaban J connectivity index is 2.63. The molecular weight excluding hydrogens is 367 g/mol. The van der Waals surface area contributed by atoms with Gasteiger partial charge in [-0.2, -0.15) is 0 Å². The largest absolute Gasteiger partial charge is 0.573 e. The number of esters is 2. The minimum atomic E-state index is -4.88. The third-order valence-corrected chi connectivity index (χ3v) is 3.44. The Morgan fingerprint density at radius 2 is 1.67 bits per heavy atom. The van der Waals surface area contributed by atoms with Crippen LogP contribution in [0.2, 0.25) is 0 Å². The van der Waals surface area contributed by atoms with E-state index >= 15 is 0 Å². The van der Waals surface area contributed by atoms with Crippen LogP contribution in [0.5, 0.6) is 5.75 Å². The van der Waals surface area contributed by atoms with Crippen molar-refractivity contribution in [3.8, 4) is 5.75 Å². The van der Waals surface area contributed by atoms with E-state index in [-0.39, 0.29) is 17.0 Å². The van der Waals surface area contributed by atoms with Crippen molar-refractivity contribution >= 4 is 17.6 Å². The second kappa shape index (κ2) is 7.98. The third-order valence-electron chi connectivity index (χ3n) is 3.44. The van der Waals surface area contributed by atoms with Gasteiger partial charge in [0.15, 0.2) is 0 Å². The van der Waals surface area contributed by atoms with Crippen molar-refractivity contribution in [3.05, 3.63) is 59.5 Å². The average molecular weight is 383 g/mol. The van der Waals surface area contributed by atoms with Crippen LogP contribution in [0.3, 0.4) is 0 Å². The second-order valence-corrected chi connectivity index (χ2v) is 5.37. The fourth-order valence-corrected chi connectivity index (χ4v) is 2.43. The highest BCUT2D eigenvalue weighted by Gasteiger charge is 2.32. The Labute approximate surface area is 153 Å². The number of ether oxygens (including phenoxy) is 3. The molecule has 6 nitrogen and oxygen atoms in total. The Morgan fingerprint density at radius 3 is 2.26 bits per heavy atom. The monoisotopic (exact) mass is 383 g/mol. The van der Waals surface area contributed by atoms with Crippen LogP contribution in [0.1, 0.15) is 5.56 Å². The SMILES string of the molecule is COC(=O)C1=C(C(=O)OC)N(c2cc(C)cc(OC(F)(F)F)c2)C=CC=C1. The van der Waals surface area contributed by atoms with Crippen LogP contribution in [-0.4, -0.2) is 32.5 Å². The smallest absolute Gasteiger partial charge is 0.465 e. The number of halogens is 3. The number of aryl methyl sites for hydroxylation is 1. The van der Waals surface area contributed by atoms with Gasteiger partial charge in [0.05, 0.1) is 19.8 Å². The van der Waals surface area contributed by atoms with Crippen molar-refractivity contribution in [1.82, 2.24) is 0 Å². The molecule has 0 spiro atoms. The zero-order valence-electron chi connectivity index (χ0n) is 14.7. The summed E-state index contributed by atoms with van der Waals surface area (Å²) in [6.45, 7) is 1.56. The predicted octanol–water partition coefficient (Wildman–Crippen LogP) is 3.38. The Hall–Kier alpha value is -3.23. The number of carbonyl (C=O) groups is 2. The summed E-state index contributed by atoms with van der Waals surface area (Å²) < 4.78 is 51.1. The molecule has 1 aromatic carbocycles. The lowest BCUT2D eigenvalue weighted by Crippen LogP contribution is -2.27. The molecule has 2 rings (SSSR count). The maximum absolute atomic E-state index is 12.6. The van der Waals surface area contributed by atoms with Crippen LogP contribution in [0, 0.1) is 6.92 Å². The number of allylic oxidation sites excluding steroid dienone is 2. The van der Waals surface area contributed by atoms with Gasteiger partial charge in [-0.3, -0.25) is 0 Å². The summed E-state index contributed by atoms with van der Waals surface area (Å²) in [4.78, 5) is 25.6. The van der Waals surface area contributed by atoms with E-state index < -0.39 is 24.1 Å². The number of alkyl halides is 3. The Kier molecular flexibility index (Phi) is 5.94. The topological polar surface area (TPSA) is 65.1 Å². The van der Waals surface area contributed by atoms with Gasteiger partial charge in [0.1, 0.15) is 11.4 Å². The van der Waals surface area contributed by atoms with Crippen molar-refractivity contribution in [2.45, 2.75) is 13.3 Å². The van der Waals surface area contributed by atoms with E-state index in [0.29, 0.717) is 5.56 Å². The normalized spacial score (nSPS) is 14.1. The van der Waals surface area contributed by atoms with Gasteiger partial charge in [-0.25, -0.2) is 9.59 Å². The summed E-state index contributed by atoms with van der Waals surface area (Å²) in [6.07, 6.45) is 0.866. The van der Waals surface area contributed by atoms with Crippen molar-refractivity contribution in [2.24, 2.45) is 0 Å². The van der Waals surface area contributed by atoms with Crippen LogP contribution in [0.4, 0.5) is 18.9 Å². The lowest BCUT2D eigenvalue weighted by molar-refractivity contribution is -0.274. The number of hydrogen-bond donors (Lipinski definition) is 0. The summed E-state index contributed by atoms with van der Waals surface area (Å²) in [6, 6.07) is 3.81. The van der Waals surface area contributed by atoms with Crippen molar-refractivity contribution in [2.75, 3.05) is 19.1 Å². The number of nitrogens with zero attached hydrogens (tertiary/aromatic N) is 1. The third kappa shape index (κ3) is 4.90. The molecule has 0 unspecified atom stereocenters. The number of benzene rings is 1. The number of methoxy groups -OCH3 is 2. The van der Waals surface area contributed by atoms with Gasteiger partial charge in [-0.1, -0.05) is 6.08 Å². The maximum Gasteiger partial charge on any atom is 0.573 e. The zero-order valence-corrected chi connectivity index (χ0v) is 14.7. The first-order chi connectivity index (χ1) is 12.7. The van der Waals surface area contributed by atoms with Crippen molar-refractivity contribution in [3.63, 3.8) is 0 Å². The molecule has 0 amide bonds. The lowest BCUT2D eigenvalue weighted by Gasteiger charge is -2.24. The first kappa shape index (κ1) is 20.1. The Morgan fingerprint density at radius 1 is 1.00 bits per heavy atom. The van der Waals surface area contributed by atoms with Crippen LogP contribution >= 0.6 is 0 Å². The molecule has 144 valence electrons. The number of anilines is 1. The molecule has 1 heterocycles. The molecule has 0 N–H and O–H groups in total. The van der Waals surface area contributed by atoms with Crippen molar-refractivity contribution < 1.29 is 37.0 Å². The van der Waals surface area contributed by atoms with Crippen LogP contribution in [-0.2, 0) is 19.1 Å². The molecule has 0 radical (unpaired) electrons. The van der Waals surface area contributed by atoms with E-state index in [1.807, 2.05) is 0 Å². The average Bonchev–Trinajstić information content (AvgIpc) is 2.81. The van der Waals surface area contributed by atoms with Gasteiger partial charge in [0.2, 0.25) is 0 Å². The molecule has 0 saturated carbocycles. The van der Waals surface area contributed by atoms with Crippen LogP contribution in [0.25, 0.3) is 0 Å². The van der Waals surface area contributed by atoms with Gasteiger partial charge in [-0.05, 0) is 36.8 Å². The van der Waals surface area contributed by atoms with E-state index in [4.69, 9.17) is 4.74 Å². The molecule has 0 bridgehead atoms. The van der Waals surface area contributed by atoms with Gasteiger partial charge >= 0.3 is 18.3 Å². The summed E-state index contributed by atoms with van der Waals surface area (Å²) in [5.74, 6) is -2.14. The van der Waals surface area contributed by atoms with E-state index in [1.54, 1.807) is 6.92 Å². The van der Waals surface area contributed by atoms with E-state index in [2.05, 4.69) is 9.47 Å². The molecule has 1 aliphatic rings. The van der Waals surface area contributed by atoms with E-state index in [9.17, 15) is 22.8 Å². The number of rotatable bonds is 4. The molecule has 9 heteroatoms. The summed E-state index contributed by atoms with van der Waals surface area (Å²) in [5, 5.41) is 0. The quantitative estimate of drug-likeness (QED) is 0.743. The highest BCUT2D eigenvalue weighted by atomic mass is 19.4. The van der Waals surface area contributed by atoms with E-state index in [1.165, 1.54) is 41.5 Å². The van der Waals surface area contributed by atoms with Gasteiger partial charge in [-0.15, -0.1) is 13.2 Å². The lowest BCUT2D eigenvalue weighted by atomic mass is 10.1. The number of hydrogen-bond acceptors (Lipinski definition) is 6. The van der Waals surface area contributed by atoms with Gasteiger partial charge in [0, 0.05) is 18.0 Å². The molecule has 0 fully saturated rings. The number of carbonyl (C=O) groups excluding carboxylic acids is 2. The first-order valence-corrected chi connectivity index (χ1v) is 7.58. The van der Waals surface area contributed by atoms with Crippen molar-refractivity contribution in [1.29, 1.82) is 0 Å². The predicted molar refractivity (Wildman–Crippen MR) is 89.7 cm³/mol. The maximum atomic E-state index is 12.6. The molecule has 0 saturated heterocycles. The molecule has 0 aromatic heterocycles. The molecular formula is C18H16F3NO5. The minimum Gasteiger partial charge on any atom is -0.465 e. The minimum absolute atomic E-state index is 0.117. The fraction of sp³-hybridized carbons (Fsp3) is 0.222. The second-order valence-electron chi connectivity index (χ2n) is 5.37. The summed E-state index contributed by atoms with van der Waals surface area (Å²) in [7, 11) is 2.26. The highest BCUT2D eigenvalue weighted by molar-refractivity contribution is 6.05. The standard InChI is InChI=1S/C18H16F3NO5/c1-11-8-12(10-13(9-11)27-18(19,20)21)22-7-5-4-6-14(16(23)25-2)15(22)17(24)26-3/h4-10H,1-3H3. The molecule has 27 heavy (non-hydrogen) atoms. The highest BCUT2D eigenvalue weighted by Crippen LogP contribution is 2.32. The molecule has 0 aliphatic carbocycles. The van der Waals surface area contributed by atoms with Gasteiger partial charge < -0.3 is 19.1 Å². The summed E-state index contributed by atoms with van der Waals surface area (Å²) >= 11 is 0. The summed E-state index contributed by atoms with van der Waals surface area (Å²) in [5.41, 5.74) is 0.282. The zero-order chi connectivity index (χ0) is 20.2. The molecule has 0 atom stereocenters. The fourth-order valence-electron chi connectivity index (χ4n) is 2.43. The first-order valence-electron chi connectivity index (χ1n) is 7.58. The molecule has 1 aliphatic heterocycles. The van der Waals surface area contributed by atoms with Crippen LogP contribution < -0.4 is 9.64 Å². The Bertz CT molecular complexity index is 840. The molecule has 1 aromatic rings. The van der Waals surface area contributed by atoms with Gasteiger partial charge in [0.25, 0.3) is 0 Å². The van der Waals surface area contributed by atoms with Crippen LogP contribution in [0.15, 0.2) is 53.9 Å².